The number of nitrogens with two attached hydrogens (primary N) is 2. The smallest absolute Gasteiger partial charge is 0.382 e. The lowest BCUT2D eigenvalue weighted by Gasteiger charge is -2.46. The Balaban J connectivity index is 1.15. The van der Waals surface area contributed by atoms with Crippen molar-refractivity contribution in [3.05, 3.63) is 23.0 Å². The molecular weight excluding hydrogens is 567 g/mol. The van der Waals surface area contributed by atoms with Gasteiger partial charge in [-0.3, -0.25) is 14.3 Å². The van der Waals surface area contributed by atoms with Gasteiger partial charge in [-0.05, 0) is 0 Å². The zero-order chi connectivity index (χ0) is 26.9. The molecule has 3 saturated heterocycles. The van der Waals surface area contributed by atoms with Gasteiger partial charge in [0.25, 0.3) is 5.56 Å². The summed E-state index contributed by atoms with van der Waals surface area (Å²) in [4.78, 5) is 30.5. The minimum absolute atomic E-state index is 0.00340. The molecule has 39 heavy (non-hydrogen) atoms. The van der Waals surface area contributed by atoms with Crippen LogP contribution in [0.15, 0.2) is 17.4 Å². The standard InChI is InChI=1S/C17H16FN11O8P2/c18-17(29-12-8(26-27-29)11(19)21-3-22-12)10-6(34-17)2-32-39(31)37-5-1-7(35-38-36-10)33-15(5)28-4-23-9-13(28)24-16(20)25-14(9)30/h3-7,10,15,38H,1-2H2,(H4-,19,20,21,22,24,25,27,30)/p+1/t5-,6?,7+,10?,15?,17?/m0/s1. The van der Waals surface area contributed by atoms with E-state index < -0.39 is 59.7 Å². The zero-order valence-electron chi connectivity index (χ0n) is 19.3. The lowest BCUT2D eigenvalue weighted by molar-refractivity contribution is -0.395. The summed E-state index contributed by atoms with van der Waals surface area (Å²) >= 11 is 0. The minimum atomic E-state index is -2.74. The van der Waals surface area contributed by atoms with Gasteiger partial charge in [0.2, 0.25) is 5.95 Å². The number of aromatic amines is 1. The molecule has 204 valence electrons. The number of fused-ring (bicyclic) bond motifs is 5. The quantitative estimate of drug-likeness (QED) is 0.257. The number of hydrogen-bond donors (Lipinski definition) is 3. The molecule has 0 aliphatic carbocycles. The number of alkyl halides is 1. The molecule has 0 aromatic carbocycles. The van der Waals surface area contributed by atoms with Crippen molar-refractivity contribution in [3.63, 3.8) is 0 Å². The fourth-order valence-corrected chi connectivity index (χ4v) is 5.92. The van der Waals surface area contributed by atoms with Gasteiger partial charge in [-0.25, -0.2) is 15.0 Å². The third-order valence-electron chi connectivity index (χ3n) is 6.24. The molecule has 7 rings (SSSR count). The molecule has 8 atom stereocenters. The van der Waals surface area contributed by atoms with E-state index in [1.807, 2.05) is 0 Å². The highest BCUT2D eigenvalue weighted by Gasteiger charge is 2.63. The van der Waals surface area contributed by atoms with Gasteiger partial charge in [0.15, 0.2) is 61.9 Å². The Morgan fingerprint density at radius 3 is 2.92 bits per heavy atom. The molecule has 6 unspecified atom stereocenters. The van der Waals surface area contributed by atoms with E-state index >= 15 is 4.39 Å². The van der Waals surface area contributed by atoms with Crippen LogP contribution in [0.5, 0.6) is 0 Å². The zero-order valence-corrected chi connectivity index (χ0v) is 21.2. The molecule has 3 aliphatic heterocycles. The maximum absolute atomic E-state index is 16.1. The number of nitrogens with one attached hydrogen (secondary N) is 1. The summed E-state index contributed by atoms with van der Waals surface area (Å²) in [7, 11) is -3.47. The second-order valence-electron chi connectivity index (χ2n) is 8.57. The van der Waals surface area contributed by atoms with Gasteiger partial charge in [-0.15, -0.1) is 14.1 Å². The summed E-state index contributed by atoms with van der Waals surface area (Å²) in [5, 5.41) is 7.58. The first-order valence-electron chi connectivity index (χ1n) is 11.2. The second kappa shape index (κ2) is 9.10. The maximum Gasteiger partial charge on any atom is 0.697 e. The van der Waals surface area contributed by atoms with E-state index in [0.29, 0.717) is 0 Å². The summed E-state index contributed by atoms with van der Waals surface area (Å²) in [6, 6.07) is 0. The number of anilines is 2. The van der Waals surface area contributed by atoms with E-state index in [4.69, 9.17) is 39.0 Å². The van der Waals surface area contributed by atoms with Crippen LogP contribution in [0.25, 0.3) is 22.3 Å². The Hall–Kier alpha value is -3.35. The van der Waals surface area contributed by atoms with E-state index in [1.165, 1.54) is 10.9 Å². The average molecular weight is 584 g/mol. The summed E-state index contributed by atoms with van der Waals surface area (Å²) in [6.07, 6.45) is -2.60. The number of ether oxygens (including phenoxy) is 2. The summed E-state index contributed by atoms with van der Waals surface area (Å²) < 4.78 is 64.6. The Morgan fingerprint density at radius 1 is 1.18 bits per heavy atom. The molecule has 19 nitrogen and oxygen atoms in total. The van der Waals surface area contributed by atoms with Crippen molar-refractivity contribution in [1.82, 2.24) is 44.5 Å². The second-order valence-corrected chi connectivity index (χ2v) is 10.1. The van der Waals surface area contributed by atoms with E-state index in [2.05, 4.69) is 35.2 Å². The van der Waals surface area contributed by atoms with Gasteiger partial charge in [-0.2, -0.15) is 14.1 Å². The van der Waals surface area contributed by atoms with Crippen molar-refractivity contribution in [2.45, 2.75) is 43.2 Å². The lowest BCUT2D eigenvalue weighted by atomic mass is 10.1. The molecular formula is C17H17FN11O8P2+. The molecule has 3 fully saturated rings. The summed E-state index contributed by atoms with van der Waals surface area (Å²) in [6.45, 7) is -0.358. The van der Waals surface area contributed by atoms with Crippen molar-refractivity contribution < 1.29 is 36.5 Å². The molecule has 0 saturated carbocycles. The third-order valence-corrected chi connectivity index (χ3v) is 7.75. The molecule has 0 amide bonds. The number of nitrogen functional groups attached to an aromatic ring is 2. The van der Waals surface area contributed by atoms with E-state index in [-0.39, 0.29) is 47.1 Å². The van der Waals surface area contributed by atoms with E-state index in [1.54, 1.807) is 0 Å². The molecule has 4 aromatic heterocycles. The highest BCUT2D eigenvalue weighted by Crippen LogP contribution is 2.48. The number of hydrogen-bond acceptors (Lipinski definition) is 16. The largest absolute Gasteiger partial charge is 0.697 e. The van der Waals surface area contributed by atoms with Gasteiger partial charge >= 0.3 is 14.2 Å². The van der Waals surface area contributed by atoms with Crippen LogP contribution < -0.4 is 17.0 Å². The first-order valence-corrected chi connectivity index (χ1v) is 13.1. The van der Waals surface area contributed by atoms with E-state index in [9.17, 15) is 9.36 Å². The minimum Gasteiger partial charge on any atom is -0.382 e. The van der Waals surface area contributed by atoms with Crippen molar-refractivity contribution in [3.8, 4) is 0 Å². The van der Waals surface area contributed by atoms with Crippen LogP contribution in [0.1, 0.15) is 12.6 Å². The molecule has 22 heteroatoms. The molecule has 2 bridgehead atoms. The van der Waals surface area contributed by atoms with Gasteiger partial charge in [0, 0.05) is 11.0 Å². The van der Waals surface area contributed by atoms with Gasteiger partial charge in [0.1, 0.15) is 19.0 Å². The molecule has 0 spiro atoms. The van der Waals surface area contributed by atoms with Crippen molar-refractivity contribution in [2.75, 3.05) is 18.1 Å². The molecule has 0 radical (unpaired) electrons. The fourth-order valence-electron chi connectivity index (χ4n) is 4.47. The first-order chi connectivity index (χ1) is 18.8. The van der Waals surface area contributed by atoms with Crippen LogP contribution in [0.2, 0.25) is 0 Å². The van der Waals surface area contributed by atoms with E-state index in [0.717, 1.165) is 11.0 Å². The van der Waals surface area contributed by atoms with Crippen LogP contribution in [-0.2, 0) is 38.1 Å². The normalized spacial score (nSPS) is 33.1. The van der Waals surface area contributed by atoms with Gasteiger partial charge < -0.3 is 30.0 Å². The van der Waals surface area contributed by atoms with Gasteiger partial charge in [-0.1, -0.05) is 5.21 Å². The Labute approximate surface area is 217 Å². The SMILES string of the molecule is Nc1nc2c(ncn2C2O[C@H]3C[C@@H]2O[P+](=O)OCC2OC(F)(n4nnc5c(N)ncnc54)C2OPO3)c(=O)[nH]1. The predicted molar refractivity (Wildman–Crippen MR) is 125 cm³/mol. The summed E-state index contributed by atoms with van der Waals surface area (Å²) in [5.41, 5.74) is 11.1. The highest BCUT2D eigenvalue weighted by atomic mass is 31.1. The molecule has 3 aliphatic rings. The molecule has 4 aromatic rings. The van der Waals surface area contributed by atoms with Gasteiger partial charge in [0.05, 0.1) is 6.33 Å². The Bertz CT molecular complexity index is 1670. The van der Waals surface area contributed by atoms with Crippen LogP contribution in [0.4, 0.5) is 16.2 Å². The number of rotatable bonds is 2. The number of H-pyrrole nitrogens is 1. The Morgan fingerprint density at radius 2 is 2.05 bits per heavy atom. The van der Waals surface area contributed by atoms with Crippen molar-refractivity contribution >= 4 is 51.4 Å². The van der Waals surface area contributed by atoms with Crippen LogP contribution >= 0.6 is 17.3 Å². The third kappa shape index (κ3) is 3.95. The number of halogens is 1. The van der Waals surface area contributed by atoms with Crippen LogP contribution in [0, 0.1) is 0 Å². The lowest BCUT2D eigenvalue weighted by Crippen LogP contribution is -2.64. The van der Waals surface area contributed by atoms with Crippen molar-refractivity contribution in [1.29, 1.82) is 0 Å². The maximum atomic E-state index is 16.1. The fraction of sp³-hybridized carbons (Fsp3) is 0.471. The van der Waals surface area contributed by atoms with Crippen molar-refractivity contribution in [2.24, 2.45) is 0 Å². The number of aromatic nitrogens is 9. The van der Waals surface area contributed by atoms with Crippen LogP contribution in [-0.4, -0.2) is 75.7 Å². The average Bonchev–Trinajstić information content (AvgIpc) is 3.61. The summed E-state index contributed by atoms with van der Waals surface area (Å²) in [5.74, 6) is -2.79. The Kier molecular flexibility index (Phi) is 5.76. The first kappa shape index (κ1) is 24.7. The molecule has 5 N–H and O–H groups in total. The number of imidazole rings is 1. The monoisotopic (exact) mass is 584 g/mol. The molecule has 7 heterocycles. The predicted octanol–water partition coefficient (Wildman–Crippen LogP) is -0.274. The number of nitrogens with zero attached hydrogens (tertiary/aromatic N) is 8. The highest BCUT2D eigenvalue weighted by molar-refractivity contribution is 7.33. The topological polar surface area (TPSA) is 245 Å². The van der Waals surface area contributed by atoms with Crippen LogP contribution in [0.3, 0.4) is 0 Å².